The molecule has 2 rings (SSSR count). The van der Waals surface area contributed by atoms with Gasteiger partial charge in [0, 0.05) is 28.9 Å². The summed E-state index contributed by atoms with van der Waals surface area (Å²) in [5.41, 5.74) is 9.31. The molecule has 5 heteroatoms. The number of nitrogens with two attached hydrogens (primary N) is 1. The lowest BCUT2D eigenvalue weighted by atomic mass is 10.0. The molecule has 0 aromatic heterocycles. The van der Waals surface area contributed by atoms with Gasteiger partial charge < -0.3 is 15.8 Å². The van der Waals surface area contributed by atoms with E-state index in [1.165, 1.54) is 0 Å². The first-order valence-electron chi connectivity index (χ1n) is 7.12. The maximum atomic E-state index is 6.12. The van der Waals surface area contributed by atoms with E-state index in [1.807, 2.05) is 19.1 Å². The molecular weight excluding hydrogens is 286 g/mol. The number of rotatable bonds is 4. The van der Waals surface area contributed by atoms with Gasteiger partial charge >= 0.3 is 0 Å². The van der Waals surface area contributed by atoms with Crippen LogP contribution in [0.4, 0.5) is 5.69 Å². The summed E-state index contributed by atoms with van der Waals surface area (Å²) in [6.07, 6.45) is 2.17. The molecule has 0 bridgehead atoms. The second kappa shape index (κ2) is 6.96. The van der Waals surface area contributed by atoms with Gasteiger partial charge in [-0.25, -0.2) is 0 Å². The Morgan fingerprint density at radius 2 is 2.29 bits per heavy atom. The zero-order valence-electron chi connectivity index (χ0n) is 12.5. The van der Waals surface area contributed by atoms with Crippen LogP contribution in [0.1, 0.15) is 32.3 Å². The molecule has 1 aliphatic heterocycles. The Balaban J connectivity index is 2.30. The monoisotopic (exact) mass is 307 g/mol. The first-order valence-corrected chi connectivity index (χ1v) is 7.50. The lowest BCUT2D eigenvalue weighted by molar-refractivity contribution is 0.0162. The minimum absolute atomic E-state index is 0.256. The van der Waals surface area contributed by atoms with Crippen LogP contribution in [-0.4, -0.2) is 25.5 Å². The molecular formula is C16H22ClN3O. The smallest absolute Gasteiger partial charge is 0.0717 e. The molecule has 1 fully saturated rings. The van der Waals surface area contributed by atoms with Gasteiger partial charge in [-0.15, -0.1) is 0 Å². The fourth-order valence-electron chi connectivity index (χ4n) is 2.58. The van der Waals surface area contributed by atoms with Crippen LogP contribution in [0.25, 0.3) is 5.70 Å². The van der Waals surface area contributed by atoms with Crippen molar-refractivity contribution in [3.63, 3.8) is 0 Å². The van der Waals surface area contributed by atoms with E-state index in [2.05, 4.69) is 24.0 Å². The van der Waals surface area contributed by atoms with Crippen molar-refractivity contribution in [1.82, 2.24) is 5.32 Å². The Hall–Kier alpha value is -1.52. The fourth-order valence-corrected chi connectivity index (χ4v) is 2.76. The Bertz CT molecular complexity index is 552. The number of halogens is 1. The number of hydrogen-bond donors (Lipinski definition) is 2. The van der Waals surface area contributed by atoms with Crippen molar-refractivity contribution in [3.05, 3.63) is 34.5 Å². The largest absolute Gasteiger partial charge is 0.401 e. The summed E-state index contributed by atoms with van der Waals surface area (Å²) < 4.78 is 5.58. The number of aliphatic imine (C=N–C) groups is 1. The third kappa shape index (κ3) is 3.99. The predicted molar refractivity (Wildman–Crippen MR) is 89.0 cm³/mol. The summed E-state index contributed by atoms with van der Waals surface area (Å²) in [5, 5.41) is 4.18. The molecule has 0 aliphatic carbocycles. The summed E-state index contributed by atoms with van der Waals surface area (Å²) in [7, 11) is 0. The van der Waals surface area contributed by atoms with Crippen molar-refractivity contribution in [1.29, 1.82) is 0 Å². The quantitative estimate of drug-likeness (QED) is 0.837. The van der Waals surface area contributed by atoms with Crippen LogP contribution >= 0.6 is 11.6 Å². The third-order valence-corrected chi connectivity index (χ3v) is 3.86. The molecule has 0 spiro atoms. The lowest BCUT2D eigenvalue weighted by Crippen LogP contribution is -2.37. The summed E-state index contributed by atoms with van der Waals surface area (Å²) >= 11 is 6.12. The van der Waals surface area contributed by atoms with Crippen molar-refractivity contribution >= 4 is 29.7 Å². The molecule has 21 heavy (non-hydrogen) atoms. The standard InChI is InChI=1S/C16H22ClN3O/c1-10-8-13(6-7-21-10)20-16(11(2)18)14-9-12(17)4-5-15(14)19-3/h4-5,9-10,13,20H,3,6-8,18H2,1-2H3/b16-11-/t10-,13-/m1/s1. The normalized spacial score (nSPS) is 23.4. The lowest BCUT2D eigenvalue weighted by Gasteiger charge is -2.30. The van der Waals surface area contributed by atoms with Crippen LogP contribution in [0.3, 0.4) is 0 Å². The highest BCUT2D eigenvalue weighted by Gasteiger charge is 2.21. The Labute approximate surface area is 131 Å². The second-order valence-corrected chi connectivity index (χ2v) is 5.86. The Morgan fingerprint density at radius 3 is 2.90 bits per heavy atom. The SMILES string of the molecule is C=Nc1ccc(Cl)cc1/C(N[C@@H]1CCO[C@H](C)C1)=C(\C)N. The number of nitrogens with zero attached hydrogens (tertiary/aromatic N) is 1. The first-order chi connectivity index (χ1) is 10.0. The average Bonchev–Trinajstić information content (AvgIpc) is 2.44. The molecule has 3 N–H and O–H groups in total. The predicted octanol–water partition coefficient (Wildman–Crippen LogP) is 3.48. The van der Waals surface area contributed by atoms with Gasteiger partial charge in [-0.1, -0.05) is 11.6 Å². The van der Waals surface area contributed by atoms with Crippen molar-refractivity contribution in [2.75, 3.05) is 6.61 Å². The Morgan fingerprint density at radius 1 is 1.52 bits per heavy atom. The maximum Gasteiger partial charge on any atom is 0.0717 e. The third-order valence-electron chi connectivity index (χ3n) is 3.63. The number of ether oxygens (including phenoxy) is 1. The molecule has 1 aromatic carbocycles. The summed E-state index contributed by atoms with van der Waals surface area (Å²) in [4.78, 5) is 4.06. The summed E-state index contributed by atoms with van der Waals surface area (Å²) in [5.74, 6) is 0. The average molecular weight is 308 g/mol. The van der Waals surface area contributed by atoms with Crippen LogP contribution in [0.15, 0.2) is 28.9 Å². The minimum Gasteiger partial charge on any atom is -0.401 e. The van der Waals surface area contributed by atoms with Gasteiger partial charge in [0.15, 0.2) is 0 Å². The number of allylic oxidation sites excluding steroid dienone is 1. The van der Waals surface area contributed by atoms with Gasteiger partial charge in [0.05, 0.1) is 17.5 Å². The number of nitrogens with one attached hydrogen (secondary N) is 1. The number of hydrogen-bond acceptors (Lipinski definition) is 4. The van der Waals surface area contributed by atoms with Gasteiger partial charge in [0.1, 0.15) is 0 Å². The van der Waals surface area contributed by atoms with Gasteiger partial charge in [-0.2, -0.15) is 0 Å². The first kappa shape index (κ1) is 15.9. The van der Waals surface area contributed by atoms with Crippen LogP contribution in [0, 0.1) is 0 Å². The van der Waals surface area contributed by atoms with Crippen LogP contribution < -0.4 is 11.1 Å². The van der Waals surface area contributed by atoms with E-state index in [0.717, 1.165) is 36.4 Å². The molecule has 2 atom stereocenters. The van der Waals surface area contributed by atoms with Gasteiger partial charge in [-0.05, 0) is 51.6 Å². The van der Waals surface area contributed by atoms with Gasteiger partial charge in [0.25, 0.3) is 0 Å². The maximum absolute atomic E-state index is 6.12. The zero-order valence-corrected chi connectivity index (χ0v) is 13.3. The van der Waals surface area contributed by atoms with Crippen molar-refractivity contribution in [3.8, 4) is 0 Å². The molecule has 114 valence electrons. The highest BCUT2D eigenvalue weighted by Crippen LogP contribution is 2.30. The van der Waals surface area contributed by atoms with E-state index < -0.39 is 0 Å². The van der Waals surface area contributed by atoms with E-state index >= 15 is 0 Å². The zero-order chi connectivity index (χ0) is 15.4. The fraction of sp³-hybridized carbons (Fsp3) is 0.438. The van der Waals surface area contributed by atoms with E-state index in [9.17, 15) is 0 Å². The highest BCUT2D eigenvalue weighted by molar-refractivity contribution is 6.30. The Kier molecular flexibility index (Phi) is 5.26. The van der Waals surface area contributed by atoms with Crippen LogP contribution in [0.5, 0.6) is 0 Å². The summed E-state index contributed by atoms with van der Waals surface area (Å²) in [6, 6.07) is 5.85. The van der Waals surface area contributed by atoms with E-state index in [-0.39, 0.29) is 6.10 Å². The molecule has 1 saturated heterocycles. The van der Waals surface area contributed by atoms with E-state index in [1.54, 1.807) is 6.07 Å². The molecule has 0 saturated carbocycles. The highest BCUT2D eigenvalue weighted by atomic mass is 35.5. The van der Waals surface area contributed by atoms with Crippen molar-refractivity contribution < 1.29 is 4.74 Å². The van der Waals surface area contributed by atoms with Gasteiger partial charge in [-0.3, -0.25) is 4.99 Å². The molecule has 4 nitrogen and oxygen atoms in total. The van der Waals surface area contributed by atoms with E-state index in [4.69, 9.17) is 22.1 Å². The van der Waals surface area contributed by atoms with Crippen molar-refractivity contribution in [2.24, 2.45) is 10.7 Å². The molecule has 1 aliphatic rings. The second-order valence-electron chi connectivity index (χ2n) is 5.42. The molecule has 0 amide bonds. The molecule has 0 unspecified atom stereocenters. The van der Waals surface area contributed by atoms with Gasteiger partial charge in [0.2, 0.25) is 0 Å². The molecule has 0 radical (unpaired) electrons. The van der Waals surface area contributed by atoms with E-state index in [0.29, 0.717) is 16.8 Å². The van der Waals surface area contributed by atoms with Crippen LogP contribution in [0.2, 0.25) is 5.02 Å². The molecule has 1 aromatic rings. The minimum atomic E-state index is 0.256. The summed E-state index contributed by atoms with van der Waals surface area (Å²) in [6.45, 7) is 8.34. The number of benzene rings is 1. The topological polar surface area (TPSA) is 59.6 Å². The van der Waals surface area contributed by atoms with Crippen LogP contribution in [-0.2, 0) is 4.74 Å². The molecule has 1 heterocycles. The van der Waals surface area contributed by atoms with Crippen molar-refractivity contribution in [2.45, 2.75) is 38.8 Å².